The van der Waals surface area contributed by atoms with Gasteiger partial charge in [0.1, 0.15) is 6.10 Å². The molecular formula is C15H16O2S. The van der Waals surface area contributed by atoms with E-state index in [1.165, 1.54) is 20.9 Å². The molecule has 94 valence electrons. The van der Waals surface area contributed by atoms with Gasteiger partial charge in [-0.3, -0.25) is 0 Å². The van der Waals surface area contributed by atoms with Crippen molar-refractivity contribution in [2.75, 3.05) is 0 Å². The summed E-state index contributed by atoms with van der Waals surface area (Å²) in [6, 6.07) is 8.22. The monoisotopic (exact) mass is 260 g/mol. The van der Waals surface area contributed by atoms with Gasteiger partial charge in [-0.05, 0) is 42.2 Å². The largest absolute Gasteiger partial charge is 0.384 e. The van der Waals surface area contributed by atoms with E-state index in [-0.39, 0.29) is 0 Å². The fraction of sp³-hybridized carbons (Fsp3) is 0.333. The molecule has 1 atom stereocenters. The van der Waals surface area contributed by atoms with Gasteiger partial charge in [0.2, 0.25) is 0 Å². The first-order valence-electron chi connectivity index (χ1n) is 6.09. The maximum Gasteiger partial charge on any atom is 0.105 e. The van der Waals surface area contributed by atoms with E-state index in [1.807, 2.05) is 6.07 Å². The number of ether oxygens (including phenoxy) is 1. The molecule has 2 heterocycles. The summed E-state index contributed by atoms with van der Waals surface area (Å²) in [4.78, 5) is 2.43. The van der Waals surface area contributed by atoms with Crippen LogP contribution in [0, 0.1) is 13.8 Å². The van der Waals surface area contributed by atoms with Crippen LogP contribution in [0.15, 0.2) is 24.3 Å². The van der Waals surface area contributed by atoms with Crippen LogP contribution in [0.3, 0.4) is 0 Å². The van der Waals surface area contributed by atoms with Crippen molar-refractivity contribution < 1.29 is 9.84 Å². The fourth-order valence-electron chi connectivity index (χ4n) is 2.46. The van der Waals surface area contributed by atoms with Crippen LogP contribution < -0.4 is 0 Å². The standard InChI is InChI=1S/C15H16O2S/c1-9-5-14(10(2)18-9)15(16)11-3-4-12-7-17-8-13(12)6-11/h3-6,15-16H,7-8H2,1-2H3. The highest BCUT2D eigenvalue weighted by Crippen LogP contribution is 2.32. The summed E-state index contributed by atoms with van der Waals surface area (Å²) < 4.78 is 5.40. The van der Waals surface area contributed by atoms with Gasteiger partial charge in [-0.25, -0.2) is 0 Å². The molecule has 2 aromatic rings. The first-order valence-corrected chi connectivity index (χ1v) is 6.91. The van der Waals surface area contributed by atoms with Gasteiger partial charge in [0, 0.05) is 9.75 Å². The van der Waals surface area contributed by atoms with Gasteiger partial charge in [0.15, 0.2) is 0 Å². The van der Waals surface area contributed by atoms with Crippen molar-refractivity contribution in [3.63, 3.8) is 0 Å². The Kier molecular flexibility index (Phi) is 2.98. The molecule has 1 unspecified atom stereocenters. The first-order chi connectivity index (χ1) is 8.65. The van der Waals surface area contributed by atoms with Crippen LogP contribution in [-0.2, 0) is 18.0 Å². The summed E-state index contributed by atoms with van der Waals surface area (Å²) in [5.41, 5.74) is 4.43. The molecule has 0 saturated carbocycles. The highest BCUT2D eigenvalue weighted by molar-refractivity contribution is 7.12. The second kappa shape index (κ2) is 4.50. The number of hydrogen-bond donors (Lipinski definition) is 1. The molecule has 1 aliphatic rings. The third kappa shape index (κ3) is 1.99. The third-order valence-corrected chi connectivity index (χ3v) is 4.42. The molecule has 3 heteroatoms. The van der Waals surface area contributed by atoms with Crippen LogP contribution >= 0.6 is 11.3 Å². The molecule has 0 spiro atoms. The Hall–Kier alpha value is -1.16. The van der Waals surface area contributed by atoms with Crippen LogP contribution in [-0.4, -0.2) is 5.11 Å². The molecule has 0 bridgehead atoms. The number of benzene rings is 1. The van der Waals surface area contributed by atoms with E-state index in [4.69, 9.17) is 4.74 Å². The lowest BCUT2D eigenvalue weighted by molar-refractivity contribution is 0.134. The number of rotatable bonds is 2. The van der Waals surface area contributed by atoms with Crippen LogP contribution in [0.2, 0.25) is 0 Å². The Morgan fingerprint density at radius 3 is 2.67 bits per heavy atom. The number of aliphatic hydroxyl groups excluding tert-OH is 1. The predicted octanol–water partition coefficient (Wildman–Crippen LogP) is 3.48. The minimum atomic E-state index is -0.527. The van der Waals surface area contributed by atoms with Crippen molar-refractivity contribution in [3.8, 4) is 0 Å². The van der Waals surface area contributed by atoms with Gasteiger partial charge in [-0.2, -0.15) is 0 Å². The second-order valence-corrected chi connectivity index (χ2v) is 6.25. The average molecular weight is 260 g/mol. The molecule has 1 aromatic heterocycles. The van der Waals surface area contributed by atoms with Gasteiger partial charge in [-0.15, -0.1) is 11.3 Å². The maximum atomic E-state index is 10.5. The van der Waals surface area contributed by atoms with Crippen LogP contribution in [0.5, 0.6) is 0 Å². The Bertz CT molecular complexity index is 586. The smallest absolute Gasteiger partial charge is 0.105 e. The highest BCUT2D eigenvalue weighted by atomic mass is 32.1. The van der Waals surface area contributed by atoms with E-state index >= 15 is 0 Å². The molecular weight excluding hydrogens is 244 g/mol. The zero-order valence-corrected chi connectivity index (χ0v) is 11.4. The molecule has 3 rings (SSSR count). The number of hydrogen-bond acceptors (Lipinski definition) is 3. The lowest BCUT2D eigenvalue weighted by atomic mass is 9.98. The number of aryl methyl sites for hydroxylation is 2. The number of thiophene rings is 1. The van der Waals surface area contributed by atoms with E-state index in [9.17, 15) is 5.11 Å². The van der Waals surface area contributed by atoms with E-state index in [0.29, 0.717) is 13.2 Å². The minimum Gasteiger partial charge on any atom is -0.384 e. The zero-order valence-electron chi connectivity index (χ0n) is 10.6. The van der Waals surface area contributed by atoms with Crippen LogP contribution in [0.4, 0.5) is 0 Å². The highest BCUT2D eigenvalue weighted by Gasteiger charge is 2.18. The minimum absolute atomic E-state index is 0.527. The first kappa shape index (κ1) is 11.9. The van der Waals surface area contributed by atoms with E-state index < -0.39 is 6.10 Å². The molecule has 0 radical (unpaired) electrons. The Morgan fingerprint density at radius 2 is 1.94 bits per heavy atom. The lowest BCUT2D eigenvalue weighted by Crippen LogP contribution is -2.00. The van der Waals surface area contributed by atoms with E-state index in [0.717, 1.165) is 11.1 Å². The molecule has 0 fully saturated rings. The number of fused-ring (bicyclic) bond motifs is 1. The quantitative estimate of drug-likeness (QED) is 0.895. The molecule has 0 saturated heterocycles. The topological polar surface area (TPSA) is 29.5 Å². The molecule has 0 amide bonds. The number of aliphatic hydroxyl groups is 1. The molecule has 2 nitrogen and oxygen atoms in total. The van der Waals surface area contributed by atoms with Crippen LogP contribution in [0.25, 0.3) is 0 Å². The van der Waals surface area contributed by atoms with Crippen molar-refractivity contribution >= 4 is 11.3 Å². The van der Waals surface area contributed by atoms with E-state index in [1.54, 1.807) is 11.3 Å². The zero-order chi connectivity index (χ0) is 12.7. The summed E-state index contributed by atoms with van der Waals surface area (Å²) in [6.07, 6.45) is -0.527. The molecule has 1 N–H and O–H groups in total. The van der Waals surface area contributed by atoms with Gasteiger partial charge in [0.25, 0.3) is 0 Å². The van der Waals surface area contributed by atoms with E-state index in [2.05, 4.69) is 32.0 Å². The van der Waals surface area contributed by atoms with Crippen molar-refractivity contribution in [2.45, 2.75) is 33.2 Å². The third-order valence-electron chi connectivity index (χ3n) is 3.44. The summed E-state index contributed by atoms with van der Waals surface area (Å²) in [7, 11) is 0. The fourth-order valence-corrected chi connectivity index (χ4v) is 3.42. The summed E-state index contributed by atoms with van der Waals surface area (Å²) >= 11 is 1.73. The maximum absolute atomic E-state index is 10.5. The SMILES string of the molecule is Cc1cc(C(O)c2ccc3c(c2)COC3)c(C)s1. The van der Waals surface area contributed by atoms with Crippen molar-refractivity contribution in [1.29, 1.82) is 0 Å². The summed E-state index contributed by atoms with van der Waals surface area (Å²) in [6.45, 7) is 5.50. The van der Waals surface area contributed by atoms with Gasteiger partial charge in [0.05, 0.1) is 13.2 Å². The predicted molar refractivity (Wildman–Crippen MR) is 72.8 cm³/mol. The Morgan fingerprint density at radius 1 is 1.17 bits per heavy atom. The molecule has 18 heavy (non-hydrogen) atoms. The van der Waals surface area contributed by atoms with Crippen LogP contribution in [0.1, 0.15) is 38.1 Å². The second-order valence-electron chi connectivity index (χ2n) is 4.79. The summed E-state index contributed by atoms with van der Waals surface area (Å²) in [5, 5.41) is 10.5. The van der Waals surface area contributed by atoms with Crippen molar-refractivity contribution in [3.05, 3.63) is 56.3 Å². The molecule has 0 aliphatic carbocycles. The van der Waals surface area contributed by atoms with Gasteiger partial charge >= 0.3 is 0 Å². The average Bonchev–Trinajstić information content (AvgIpc) is 2.93. The Labute approximate surface area is 111 Å². The van der Waals surface area contributed by atoms with Crippen molar-refractivity contribution in [2.24, 2.45) is 0 Å². The molecule has 1 aromatic carbocycles. The Balaban J connectivity index is 1.97. The van der Waals surface area contributed by atoms with Gasteiger partial charge < -0.3 is 9.84 Å². The lowest BCUT2D eigenvalue weighted by Gasteiger charge is -2.12. The van der Waals surface area contributed by atoms with Gasteiger partial charge in [-0.1, -0.05) is 18.2 Å². The summed E-state index contributed by atoms with van der Waals surface area (Å²) in [5.74, 6) is 0. The normalized spacial score (nSPS) is 15.7. The molecule has 1 aliphatic heterocycles. The van der Waals surface area contributed by atoms with Crippen molar-refractivity contribution in [1.82, 2.24) is 0 Å².